The molecule has 2 atom stereocenters. The van der Waals surface area contributed by atoms with Crippen molar-refractivity contribution in [3.05, 3.63) is 34.1 Å². The van der Waals surface area contributed by atoms with E-state index in [-0.39, 0.29) is 17.6 Å². The van der Waals surface area contributed by atoms with Gasteiger partial charge in [-0.1, -0.05) is 12.5 Å². The number of hydrazine groups is 1. The molecule has 0 saturated carbocycles. The van der Waals surface area contributed by atoms with Crippen LogP contribution >= 0.6 is 15.9 Å². The van der Waals surface area contributed by atoms with Crippen LogP contribution in [0.25, 0.3) is 0 Å². The molecule has 1 aromatic carbocycles. The maximum atomic E-state index is 13.2. The number of nitrogens with two attached hydrogens (primary N) is 1. The van der Waals surface area contributed by atoms with Gasteiger partial charge >= 0.3 is 0 Å². The Morgan fingerprint density at radius 1 is 1.45 bits per heavy atom. The molecule has 1 fully saturated rings. The van der Waals surface area contributed by atoms with Crippen molar-refractivity contribution in [1.82, 2.24) is 5.43 Å². The van der Waals surface area contributed by atoms with Crippen molar-refractivity contribution in [3.63, 3.8) is 0 Å². The Kier molecular flexibility index (Phi) is 5.17. The second-order valence-corrected chi connectivity index (χ2v) is 8.32. The molecule has 0 radical (unpaired) electrons. The van der Waals surface area contributed by atoms with Crippen molar-refractivity contribution < 1.29 is 12.8 Å². The molecule has 20 heavy (non-hydrogen) atoms. The van der Waals surface area contributed by atoms with E-state index < -0.39 is 15.1 Å². The standard InChI is InChI=1S/C13H18BrFN2O2S/c14-10-7-9(4-5-11(10)15)8-12(17-16)13-3-1-2-6-20(13,18)19/h4-5,7,12-13,17H,1-3,6,8,16H2. The predicted molar refractivity (Wildman–Crippen MR) is 80.3 cm³/mol. The van der Waals surface area contributed by atoms with E-state index in [1.54, 1.807) is 12.1 Å². The van der Waals surface area contributed by atoms with Crippen LogP contribution in [-0.2, 0) is 16.3 Å². The number of sulfone groups is 1. The normalized spacial score (nSPS) is 23.4. The third kappa shape index (κ3) is 3.58. The SMILES string of the molecule is NNC(Cc1ccc(F)c(Br)c1)C1CCCCS1(=O)=O. The lowest BCUT2D eigenvalue weighted by Crippen LogP contribution is -2.50. The number of hydrogen-bond acceptors (Lipinski definition) is 4. The molecule has 3 N–H and O–H groups in total. The fourth-order valence-electron chi connectivity index (χ4n) is 2.65. The topological polar surface area (TPSA) is 72.2 Å². The van der Waals surface area contributed by atoms with E-state index in [1.807, 2.05) is 0 Å². The van der Waals surface area contributed by atoms with Gasteiger partial charge in [0.1, 0.15) is 5.82 Å². The van der Waals surface area contributed by atoms with Crippen LogP contribution in [0.5, 0.6) is 0 Å². The summed E-state index contributed by atoms with van der Waals surface area (Å²) in [6, 6.07) is 4.33. The number of rotatable bonds is 4. The molecule has 0 aromatic heterocycles. The monoisotopic (exact) mass is 364 g/mol. The van der Waals surface area contributed by atoms with Gasteiger partial charge in [-0.25, -0.2) is 12.8 Å². The van der Waals surface area contributed by atoms with Gasteiger partial charge in [-0.3, -0.25) is 11.3 Å². The lowest BCUT2D eigenvalue weighted by Gasteiger charge is -2.29. The van der Waals surface area contributed by atoms with Gasteiger partial charge in [-0.15, -0.1) is 0 Å². The van der Waals surface area contributed by atoms with Crippen LogP contribution < -0.4 is 11.3 Å². The minimum atomic E-state index is -3.10. The maximum absolute atomic E-state index is 13.2. The Hall–Kier alpha value is -0.500. The van der Waals surface area contributed by atoms with E-state index >= 15 is 0 Å². The summed E-state index contributed by atoms with van der Waals surface area (Å²) in [4.78, 5) is 0. The van der Waals surface area contributed by atoms with Gasteiger partial charge in [-0.2, -0.15) is 0 Å². The van der Waals surface area contributed by atoms with Crippen molar-refractivity contribution in [2.45, 2.75) is 37.0 Å². The summed E-state index contributed by atoms with van der Waals surface area (Å²) in [5, 5.41) is -0.468. The van der Waals surface area contributed by atoms with Gasteiger partial charge in [-0.05, 0) is 52.9 Å². The number of nitrogens with one attached hydrogen (secondary N) is 1. The average molecular weight is 365 g/mol. The molecule has 1 aromatic rings. The van der Waals surface area contributed by atoms with E-state index in [2.05, 4.69) is 21.4 Å². The lowest BCUT2D eigenvalue weighted by molar-refractivity contribution is 0.440. The zero-order valence-corrected chi connectivity index (χ0v) is 13.4. The Bertz CT molecular complexity index is 580. The molecule has 0 spiro atoms. The number of halogens is 2. The highest BCUT2D eigenvalue weighted by Gasteiger charge is 2.35. The Morgan fingerprint density at radius 3 is 2.80 bits per heavy atom. The van der Waals surface area contributed by atoms with Crippen LogP contribution in [0.4, 0.5) is 4.39 Å². The molecule has 1 saturated heterocycles. The molecule has 1 heterocycles. The first kappa shape index (κ1) is 15.9. The molecular formula is C13H18BrFN2O2S. The Labute approximate surface area is 126 Å². The predicted octanol–water partition coefficient (Wildman–Crippen LogP) is 1.93. The van der Waals surface area contributed by atoms with Gasteiger partial charge in [0.05, 0.1) is 15.5 Å². The Morgan fingerprint density at radius 2 is 2.20 bits per heavy atom. The minimum Gasteiger partial charge on any atom is -0.271 e. The minimum absolute atomic E-state index is 0.225. The van der Waals surface area contributed by atoms with Gasteiger partial charge in [0.15, 0.2) is 9.84 Å². The molecule has 2 unspecified atom stereocenters. The quantitative estimate of drug-likeness (QED) is 0.632. The molecule has 7 heteroatoms. The van der Waals surface area contributed by atoms with Gasteiger partial charge in [0.25, 0.3) is 0 Å². The fourth-order valence-corrected chi connectivity index (χ4v) is 5.19. The lowest BCUT2D eigenvalue weighted by atomic mass is 10.00. The molecule has 112 valence electrons. The van der Waals surface area contributed by atoms with Crippen molar-refractivity contribution in [3.8, 4) is 0 Å². The van der Waals surface area contributed by atoms with Crippen LogP contribution in [0, 0.1) is 5.82 Å². The molecule has 0 aliphatic carbocycles. The van der Waals surface area contributed by atoms with Crippen LogP contribution in [0.1, 0.15) is 24.8 Å². The van der Waals surface area contributed by atoms with Gasteiger partial charge in [0.2, 0.25) is 0 Å². The van der Waals surface area contributed by atoms with E-state index in [1.165, 1.54) is 6.07 Å². The highest BCUT2D eigenvalue weighted by atomic mass is 79.9. The first-order chi connectivity index (χ1) is 9.44. The van der Waals surface area contributed by atoms with Crippen LogP contribution in [0.15, 0.2) is 22.7 Å². The fraction of sp³-hybridized carbons (Fsp3) is 0.538. The molecule has 4 nitrogen and oxygen atoms in total. The zero-order valence-electron chi connectivity index (χ0n) is 11.0. The number of hydrogen-bond donors (Lipinski definition) is 2. The molecule has 1 aliphatic heterocycles. The molecule has 1 aliphatic rings. The van der Waals surface area contributed by atoms with Crippen LogP contribution in [0.2, 0.25) is 0 Å². The second kappa shape index (κ2) is 6.51. The molecular weight excluding hydrogens is 347 g/mol. The zero-order chi connectivity index (χ0) is 14.8. The van der Waals surface area contributed by atoms with E-state index in [4.69, 9.17) is 5.84 Å². The van der Waals surface area contributed by atoms with E-state index in [9.17, 15) is 12.8 Å². The summed E-state index contributed by atoms with van der Waals surface area (Å²) in [7, 11) is -3.10. The molecule has 0 amide bonds. The summed E-state index contributed by atoms with van der Waals surface area (Å²) in [5.41, 5.74) is 3.47. The smallest absolute Gasteiger partial charge is 0.154 e. The summed E-state index contributed by atoms with van der Waals surface area (Å²) >= 11 is 3.13. The summed E-state index contributed by atoms with van der Waals surface area (Å²) < 4.78 is 37.8. The highest BCUT2D eigenvalue weighted by Crippen LogP contribution is 2.25. The van der Waals surface area contributed by atoms with Crippen molar-refractivity contribution in [2.24, 2.45) is 5.84 Å². The van der Waals surface area contributed by atoms with E-state index in [0.29, 0.717) is 17.3 Å². The first-order valence-electron chi connectivity index (χ1n) is 6.55. The third-order valence-electron chi connectivity index (χ3n) is 3.73. The molecule has 2 rings (SSSR count). The van der Waals surface area contributed by atoms with Crippen molar-refractivity contribution in [2.75, 3.05) is 5.75 Å². The van der Waals surface area contributed by atoms with Crippen LogP contribution in [-0.4, -0.2) is 25.5 Å². The van der Waals surface area contributed by atoms with Gasteiger partial charge < -0.3 is 0 Å². The van der Waals surface area contributed by atoms with Crippen molar-refractivity contribution >= 4 is 25.8 Å². The molecule has 0 bridgehead atoms. The maximum Gasteiger partial charge on any atom is 0.154 e. The Balaban J connectivity index is 2.18. The van der Waals surface area contributed by atoms with E-state index in [0.717, 1.165) is 18.4 Å². The summed E-state index contributed by atoms with van der Waals surface area (Å²) in [5.74, 6) is 5.43. The summed E-state index contributed by atoms with van der Waals surface area (Å²) in [6.07, 6.45) is 2.70. The second-order valence-electron chi connectivity index (χ2n) is 5.13. The van der Waals surface area contributed by atoms with Gasteiger partial charge in [0, 0.05) is 6.04 Å². The highest BCUT2D eigenvalue weighted by molar-refractivity contribution is 9.10. The summed E-state index contributed by atoms with van der Waals surface area (Å²) in [6.45, 7) is 0. The number of benzene rings is 1. The third-order valence-corrected chi connectivity index (χ3v) is 6.68. The average Bonchev–Trinajstić information content (AvgIpc) is 2.40. The first-order valence-corrected chi connectivity index (χ1v) is 9.06. The van der Waals surface area contributed by atoms with Crippen LogP contribution in [0.3, 0.4) is 0 Å². The largest absolute Gasteiger partial charge is 0.271 e. The van der Waals surface area contributed by atoms with Crippen molar-refractivity contribution in [1.29, 1.82) is 0 Å².